The van der Waals surface area contributed by atoms with Crippen LogP contribution in [0.2, 0.25) is 0 Å². The van der Waals surface area contributed by atoms with Gasteiger partial charge in [-0.15, -0.1) is 0 Å². The second-order valence-corrected chi connectivity index (χ2v) is 5.21. The van der Waals surface area contributed by atoms with Gasteiger partial charge in [-0.05, 0) is 24.8 Å². The van der Waals surface area contributed by atoms with E-state index in [0.717, 1.165) is 24.8 Å². The third-order valence-electron chi connectivity index (χ3n) is 3.04. The first kappa shape index (κ1) is 11.8. The van der Waals surface area contributed by atoms with Crippen LogP contribution in [0.3, 0.4) is 0 Å². The van der Waals surface area contributed by atoms with Crippen molar-refractivity contribution in [2.24, 2.45) is 0 Å². The third-order valence-corrected chi connectivity index (χ3v) is 3.81. The van der Waals surface area contributed by atoms with E-state index in [2.05, 4.69) is 0 Å². The lowest BCUT2D eigenvalue weighted by atomic mass is 9.81. The van der Waals surface area contributed by atoms with E-state index in [1.807, 2.05) is 30.3 Å². The SMILES string of the molecule is O=S(O)CC1(OCc2ccccc2)CCC1. The smallest absolute Gasteiger partial charge is 0.155 e. The number of rotatable bonds is 5. The van der Waals surface area contributed by atoms with E-state index in [-0.39, 0.29) is 11.4 Å². The maximum absolute atomic E-state index is 10.9. The fraction of sp³-hybridized carbons (Fsp3) is 0.500. The summed E-state index contributed by atoms with van der Waals surface area (Å²) >= 11 is -1.77. The van der Waals surface area contributed by atoms with E-state index in [4.69, 9.17) is 9.29 Å². The Kier molecular flexibility index (Phi) is 3.74. The van der Waals surface area contributed by atoms with Gasteiger partial charge in [-0.3, -0.25) is 0 Å². The molecule has 1 fully saturated rings. The van der Waals surface area contributed by atoms with Gasteiger partial charge in [0.1, 0.15) is 0 Å². The van der Waals surface area contributed by atoms with Crippen LogP contribution in [-0.2, 0) is 22.4 Å². The van der Waals surface area contributed by atoms with Gasteiger partial charge in [0.05, 0.1) is 18.0 Å². The highest BCUT2D eigenvalue weighted by molar-refractivity contribution is 7.79. The fourth-order valence-corrected chi connectivity index (χ4v) is 2.76. The Morgan fingerprint density at radius 2 is 2.00 bits per heavy atom. The Morgan fingerprint density at radius 1 is 1.31 bits per heavy atom. The molecule has 16 heavy (non-hydrogen) atoms. The Hall–Kier alpha value is -0.710. The molecular formula is C12H16O3S. The zero-order valence-corrected chi connectivity index (χ0v) is 9.91. The molecule has 1 saturated carbocycles. The summed E-state index contributed by atoms with van der Waals surface area (Å²) in [6.07, 6.45) is 2.88. The summed E-state index contributed by atoms with van der Waals surface area (Å²) in [5.74, 6) is 0.236. The minimum absolute atomic E-state index is 0.236. The van der Waals surface area contributed by atoms with Crippen molar-refractivity contribution in [2.45, 2.75) is 31.5 Å². The molecule has 0 spiro atoms. The summed E-state index contributed by atoms with van der Waals surface area (Å²) < 4.78 is 25.6. The normalized spacial score (nSPS) is 20.1. The van der Waals surface area contributed by atoms with E-state index < -0.39 is 11.1 Å². The van der Waals surface area contributed by atoms with Crippen LogP contribution in [0, 0.1) is 0 Å². The van der Waals surface area contributed by atoms with Crippen LogP contribution in [0.5, 0.6) is 0 Å². The molecule has 1 aromatic rings. The lowest BCUT2D eigenvalue weighted by molar-refractivity contribution is -0.0923. The van der Waals surface area contributed by atoms with Crippen LogP contribution in [0.1, 0.15) is 24.8 Å². The highest BCUT2D eigenvalue weighted by Gasteiger charge is 2.39. The van der Waals surface area contributed by atoms with Gasteiger partial charge in [-0.25, -0.2) is 4.21 Å². The first-order valence-electron chi connectivity index (χ1n) is 5.46. The van der Waals surface area contributed by atoms with Crippen molar-refractivity contribution >= 4 is 11.1 Å². The van der Waals surface area contributed by atoms with Crippen molar-refractivity contribution in [3.05, 3.63) is 35.9 Å². The average Bonchev–Trinajstić information content (AvgIpc) is 2.23. The van der Waals surface area contributed by atoms with Gasteiger partial charge in [-0.1, -0.05) is 30.3 Å². The lowest BCUT2D eigenvalue weighted by Crippen LogP contribution is -2.44. The van der Waals surface area contributed by atoms with Gasteiger partial charge in [0, 0.05) is 0 Å². The lowest BCUT2D eigenvalue weighted by Gasteiger charge is -2.40. The van der Waals surface area contributed by atoms with Gasteiger partial charge >= 0.3 is 0 Å². The van der Waals surface area contributed by atoms with Crippen LogP contribution in [0.4, 0.5) is 0 Å². The molecule has 1 aliphatic carbocycles. The molecule has 1 atom stereocenters. The summed E-state index contributed by atoms with van der Waals surface area (Å²) in [6.45, 7) is 0.526. The van der Waals surface area contributed by atoms with Gasteiger partial charge in [0.15, 0.2) is 11.1 Å². The molecule has 0 bridgehead atoms. The maximum atomic E-state index is 10.9. The van der Waals surface area contributed by atoms with Crippen LogP contribution in [0.25, 0.3) is 0 Å². The standard InChI is InChI=1S/C12H16O3S/c13-16(14)10-12(7-4-8-12)15-9-11-5-2-1-3-6-11/h1-3,5-6H,4,7-10H2,(H,13,14). The van der Waals surface area contributed by atoms with E-state index in [1.54, 1.807) is 0 Å². The Labute approximate surface area is 98.1 Å². The molecule has 3 nitrogen and oxygen atoms in total. The summed E-state index contributed by atoms with van der Waals surface area (Å²) in [5.41, 5.74) is 0.757. The van der Waals surface area contributed by atoms with Crippen LogP contribution in [-0.4, -0.2) is 20.1 Å². The minimum Gasteiger partial charge on any atom is -0.369 e. The molecular weight excluding hydrogens is 224 g/mol. The quantitative estimate of drug-likeness (QED) is 0.804. The van der Waals surface area contributed by atoms with E-state index in [1.165, 1.54) is 0 Å². The zero-order chi connectivity index (χ0) is 11.4. The predicted molar refractivity (Wildman–Crippen MR) is 63.5 cm³/mol. The summed E-state index contributed by atoms with van der Waals surface area (Å²) in [6, 6.07) is 9.91. The topological polar surface area (TPSA) is 46.5 Å². The number of benzene rings is 1. The number of ether oxygens (including phenoxy) is 1. The van der Waals surface area contributed by atoms with Gasteiger partial charge in [0.25, 0.3) is 0 Å². The molecule has 0 radical (unpaired) electrons. The van der Waals surface area contributed by atoms with Crippen molar-refractivity contribution < 1.29 is 13.5 Å². The van der Waals surface area contributed by atoms with Crippen molar-refractivity contribution in [3.63, 3.8) is 0 Å². The van der Waals surface area contributed by atoms with Gasteiger partial charge in [-0.2, -0.15) is 0 Å². The maximum Gasteiger partial charge on any atom is 0.155 e. The first-order chi connectivity index (χ1) is 7.70. The molecule has 0 heterocycles. The predicted octanol–water partition coefficient (Wildman–Crippen LogP) is 2.35. The van der Waals surface area contributed by atoms with Crippen LogP contribution < -0.4 is 0 Å². The largest absolute Gasteiger partial charge is 0.369 e. The highest BCUT2D eigenvalue weighted by atomic mass is 32.2. The van der Waals surface area contributed by atoms with E-state index in [0.29, 0.717) is 6.61 Å². The van der Waals surface area contributed by atoms with E-state index >= 15 is 0 Å². The van der Waals surface area contributed by atoms with Crippen LogP contribution >= 0.6 is 0 Å². The Bertz CT molecular complexity index is 360. The zero-order valence-electron chi connectivity index (χ0n) is 9.09. The summed E-state index contributed by atoms with van der Waals surface area (Å²) in [5, 5.41) is 0. The van der Waals surface area contributed by atoms with Gasteiger partial charge in [0.2, 0.25) is 0 Å². The molecule has 1 unspecified atom stereocenters. The molecule has 0 aromatic heterocycles. The summed E-state index contributed by atoms with van der Waals surface area (Å²) in [4.78, 5) is 0. The molecule has 2 rings (SSSR count). The molecule has 88 valence electrons. The van der Waals surface area contributed by atoms with E-state index in [9.17, 15) is 4.21 Å². The average molecular weight is 240 g/mol. The van der Waals surface area contributed by atoms with Crippen molar-refractivity contribution in [2.75, 3.05) is 5.75 Å². The molecule has 1 aliphatic rings. The van der Waals surface area contributed by atoms with Crippen LogP contribution in [0.15, 0.2) is 30.3 Å². The molecule has 0 amide bonds. The highest BCUT2D eigenvalue weighted by Crippen LogP contribution is 2.36. The molecule has 0 saturated heterocycles. The van der Waals surface area contributed by atoms with Crippen molar-refractivity contribution in [3.8, 4) is 0 Å². The Morgan fingerprint density at radius 3 is 2.50 bits per heavy atom. The Balaban J connectivity index is 1.90. The van der Waals surface area contributed by atoms with Crippen molar-refractivity contribution in [1.29, 1.82) is 0 Å². The summed E-state index contributed by atoms with van der Waals surface area (Å²) in [7, 11) is 0. The number of hydrogen-bond acceptors (Lipinski definition) is 2. The second kappa shape index (κ2) is 5.08. The van der Waals surface area contributed by atoms with Crippen molar-refractivity contribution in [1.82, 2.24) is 0 Å². The first-order valence-corrected chi connectivity index (χ1v) is 6.73. The second-order valence-electron chi connectivity index (χ2n) is 4.28. The number of hydrogen-bond donors (Lipinski definition) is 1. The molecule has 1 N–H and O–H groups in total. The monoisotopic (exact) mass is 240 g/mol. The molecule has 4 heteroatoms. The van der Waals surface area contributed by atoms with Gasteiger partial charge < -0.3 is 9.29 Å². The molecule has 1 aromatic carbocycles. The minimum atomic E-state index is -1.77. The molecule has 0 aliphatic heterocycles. The third kappa shape index (κ3) is 2.90. The fourth-order valence-electron chi connectivity index (χ4n) is 1.94.